The molecule has 1 fully saturated rings. The van der Waals surface area contributed by atoms with Crippen molar-refractivity contribution in [1.29, 1.82) is 0 Å². The summed E-state index contributed by atoms with van der Waals surface area (Å²) in [4.78, 5) is 16.8. The molecule has 0 bridgehead atoms. The van der Waals surface area contributed by atoms with Gasteiger partial charge in [0.2, 0.25) is 5.91 Å². The van der Waals surface area contributed by atoms with E-state index < -0.39 is 0 Å². The maximum atomic E-state index is 12.5. The summed E-state index contributed by atoms with van der Waals surface area (Å²) in [5.41, 5.74) is 2.70. The van der Waals surface area contributed by atoms with Crippen LogP contribution in [0.15, 0.2) is 24.3 Å². The largest absolute Gasteiger partial charge is 0.337 e. The van der Waals surface area contributed by atoms with E-state index >= 15 is 0 Å². The lowest BCUT2D eigenvalue weighted by Gasteiger charge is -2.36. The minimum Gasteiger partial charge on any atom is -0.337 e. The van der Waals surface area contributed by atoms with Gasteiger partial charge in [0, 0.05) is 38.8 Å². The topological polar surface area (TPSA) is 35.6 Å². The van der Waals surface area contributed by atoms with Gasteiger partial charge in [-0.1, -0.05) is 24.3 Å². The summed E-state index contributed by atoms with van der Waals surface area (Å²) in [5, 5.41) is 3.36. The van der Waals surface area contributed by atoms with E-state index in [2.05, 4.69) is 41.4 Å². The number of nitrogens with zero attached hydrogens (tertiary/aromatic N) is 2. The Kier molecular flexibility index (Phi) is 5.62. The minimum atomic E-state index is 0. The van der Waals surface area contributed by atoms with Gasteiger partial charge in [-0.2, -0.15) is 0 Å². The number of nitrogens with one attached hydrogen (secondary N) is 1. The van der Waals surface area contributed by atoms with Gasteiger partial charge < -0.3 is 10.2 Å². The molecule has 1 aromatic rings. The zero-order chi connectivity index (χ0) is 13.9. The number of carbonyl (C=O) groups is 1. The van der Waals surface area contributed by atoms with Gasteiger partial charge in [-0.25, -0.2) is 0 Å². The Bertz CT molecular complexity index is 494. The van der Waals surface area contributed by atoms with Crippen molar-refractivity contribution in [2.24, 2.45) is 0 Å². The summed E-state index contributed by atoms with van der Waals surface area (Å²) in [5.74, 6) is 0.272. The van der Waals surface area contributed by atoms with Crippen LogP contribution < -0.4 is 5.32 Å². The van der Waals surface area contributed by atoms with Crippen molar-refractivity contribution in [2.75, 3.05) is 32.7 Å². The fourth-order valence-electron chi connectivity index (χ4n) is 3.10. The third kappa shape index (κ3) is 3.76. The van der Waals surface area contributed by atoms with Gasteiger partial charge in [0.1, 0.15) is 0 Å². The summed E-state index contributed by atoms with van der Waals surface area (Å²) in [6.07, 6.45) is 0.985. The van der Waals surface area contributed by atoms with Gasteiger partial charge in [-0.3, -0.25) is 9.69 Å². The molecule has 1 amide bonds. The molecule has 1 unspecified atom stereocenters. The van der Waals surface area contributed by atoms with Gasteiger partial charge in [0.25, 0.3) is 0 Å². The number of carbonyl (C=O) groups excluding carboxylic acids is 1. The quantitative estimate of drug-likeness (QED) is 0.894. The second kappa shape index (κ2) is 7.25. The molecule has 0 aliphatic carbocycles. The van der Waals surface area contributed by atoms with Crippen molar-refractivity contribution in [3.63, 3.8) is 0 Å². The zero-order valence-corrected chi connectivity index (χ0v) is 13.4. The van der Waals surface area contributed by atoms with Crippen LogP contribution in [0.2, 0.25) is 0 Å². The first-order valence-electron chi connectivity index (χ1n) is 7.53. The van der Waals surface area contributed by atoms with Gasteiger partial charge in [0.05, 0.1) is 6.54 Å². The summed E-state index contributed by atoms with van der Waals surface area (Å²) in [6.45, 7) is 7.32. The first-order chi connectivity index (χ1) is 9.74. The number of halogens is 1. The molecule has 2 aliphatic rings. The lowest BCUT2D eigenvalue weighted by Crippen LogP contribution is -2.53. The molecule has 2 heterocycles. The highest BCUT2D eigenvalue weighted by Crippen LogP contribution is 2.18. The average molecular weight is 310 g/mol. The van der Waals surface area contributed by atoms with E-state index in [0.717, 1.165) is 39.1 Å². The number of benzene rings is 1. The molecule has 4 nitrogen and oxygen atoms in total. The number of amides is 1. The van der Waals surface area contributed by atoms with E-state index in [1.807, 2.05) is 4.90 Å². The molecule has 1 saturated heterocycles. The molecule has 1 atom stereocenters. The second-order valence-electron chi connectivity index (χ2n) is 5.86. The predicted octanol–water partition coefficient (Wildman–Crippen LogP) is 1.29. The van der Waals surface area contributed by atoms with Crippen LogP contribution in [0.25, 0.3) is 0 Å². The van der Waals surface area contributed by atoms with Crippen molar-refractivity contribution in [3.05, 3.63) is 35.4 Å². The third-order valence-electron chi connectivity index (χ3n) is 4.46. The molecular formula is C16H24ClN3O. The molecule has 21 heavy (non-hydrogen) atoms. The highest BCUT2D eigenvalue weighted by molar-refractivity contribution is 5.85. The lowest BCUT2D eigenvalue weighted by molar-refractivity contribution is -0.134. The van der Waals surface area contributed by atoms with E-state index in [-0.39, 0.29) is 18.3 Å². The minimum absolute atomic E-state index is 0. The lowest BCUT2D eigenvalue weighted by atomic mass is 10.00. The van der Waals surface area contributed by atoms with Crippen LogP contribution in [0.3, 0.4) is 0 Å². The Morgan fingerprint density at radius 3 is 2.81 bits per heavy atom. The Labute approximate surface area is 132 Å². The Hall–Kier alpha value is -1.10. The molecule has 116 valence electrons. The number of piperazine rings is 1. The fraction of sp³-hybridized carbons (Fsp3) is 0.562. The first-order valence-corrected chi connectivity index (χ1v) is 7.53. The van der Waals surface area contributed by atoms with Crippen molar-refractivity contribution in [3.8, 4) is 0 Å². The third-order valence-corrected chi connectivity index (χ3v) is 4.46. The zero-order valence-electron chi connectivity index (χ0n) is 12.5. The Balaban J connectivity index is 0.00000161. The Morgan fingerprint density at radius 2 is 2.05 bits per heavy atom. The molecule has 0 saturated carbocycles. The molecule has 5 heteroatoms. The number of hydrogen-bond donors (Lipinski definition) is 1. The summed E-state index contributed by atoms with van der Waals surface area (Å²) < 4.78 is 0. The number of rotatable bonds is 2. The predicted molar refractivity (Wildman–Crippen MR) is 86.7 cm³/mol. The van der Waals surface area contributed by atoms with Gasteiger partial charge in [0.15, 0.2) is 0 Å². The molecule has 0 aromatic heterocycles. The Morgan fingerprint density at radius 1 is 1.29 bits per heavy atom. The standard InChI is InChI=1S/C16H23N3O.ClH/c1-13-10-17-7-9-18(13)12-16(20)19-8-6-14-4-2-3-5-15(14)11-19;/h2-5,13,17H,6-12H2,1H3;1H. The molecule has 3 rings (SSSR count). The fourth-order valence-corrected chi connectivity index (χ4v) is 3.10. The van der Waals surface area contributed by atoms with Crippen LogP contribution >= 0.6 is 12.4 Å². The van der Waals surface area contributed by atoms with Crippen molar-refractivity contribution < 1.29 is 4.79 Å². The number of fused-ring (bicyclic) bond motifs is 1. The summed E-state index contributed by atoms with van der Waals surface area (Å²) in [7, 11) is 0. The number of hydrogen-bond acceptors (Lipinski definition) is 3. The van der Waals surface area contributed by atoms with E-state index in [1.54, 1.807) is 0 Å². The molecule has 1 N–H and O–H groups in total. The van der Waals surface area contributed by atoms with Crippen LogP contribution in [0.4, 0.5) is 0 Å². The van der Waals surface area contributed by atoms with Crippen LogP contribution in [0, 0.1) is 0 Å². The average Bonchev–Trinajstić information content (AvgIpc) is 2.49. The maximum Gasteiger partial charge on any atom is 0.237 e. The van der Waals surface area contributed by atoms with E-state index in [1.165, 1.54) is 11.1 Å². The van der Waals surface area contributed by atoms with Crippen molar-refractivity contribution in [2.45, 2.75) is 25.9 Å². The van der Waals surface area contributed by atoms with Crippen LogP contribution in [0.1, 0.15) is 18.1 Å². The monoisotopic (exact) mass is 309 g/mol. The van der Waals surface area contributed by atoms with Crippen LogP contribution in [-0.4, -0.2) is 54.5 Å². The van der Waals surface area contributed by atoms with Crippen molar-refractivity contribution in [1.82, 2.24) is 15.1 Å². The SMILES string of the molecule is CC1CNCCN1CC(=O)N1CCc2ccccc2C1.Cl. The highest BCUT2D eigenvalue weighted by atomic mass is 35.5. The van der Waals surface area contributed by atoms with Crippen LogP contribution in [-0.2, 0) is 17.8 Å². The van der Waals surface area contributed by atoms with Crippen molar-refractivity contribution >= 4 is 18.3 Å². The summed E-state index contributed by atoms with van der Waals surface area (Å²) >= 11 is 0. The van der Waals surface area contributed by atoms with Gasteiger partial charge in [-0.05, 0) is 24.5 Å². The highest BCUT2D eigenvalue weighted by Gasteiger charge is 2.25. The molecule has 2 aliphatic heterocycles. The first kappa shape index (κ1) is 16.3. The normalized spacial score (nSPS) is 22.3. The second-order valence-corrected chi connectivity index (χ2v) is 5.86. The van der Waals surface area contributed by atoms with E-state index in [4.69, 9.17) is 0 Å². The smallest absolute Gasteiger partial charge is 0.237 e. The molecular weight excluding hydrogens is 286 g/mol. The molecule has 0 spiro atoms. The van der Waals surface area contributed by atoms with Crippen LogP contribution in [0.5, 0.6) is 0 Å². The van der Waals surface area contributed by atoms with E-state index in [0.29, 0.717) is 12.6 Å². The van der Waals surface area contributed by atoms with E-state index in [9.17, 15) is 4.79 Å². The molecule has 0 radical (unpaired) electrons. The van der Waals surface area contributed by atoms with Gasteiger partial charge in [-0.15, -0.1) is 12.4 Å². The molecule has 1 aromatic carbocycles. The summed E-state index contributed by atoms with van der Waals surface area (Å²) in [6, 6.07) is 8.91. The van der Waals surface area contributed by atoms with Gasteiger partial charge >= 0.3 is 0 Å². The maximum absolute atomic E-state index is 12.5.